The molecule has 1 aliphatic heterocycles. The monoisotopic (exact) mass is 478 g/mol. The maximum Gasteiger partial charge on any atom is 0.227 e. The molecule has 5 rings (SSSR count). The van der Waals surface area contributed by atoms with E-state index in [2.05, 4.69) is 42.6 Å². The summed E-state index contributed by atoms with van der Waals surface area (Å²) < 4.78 is 0. The van der Waals surface area contributed by atoms with Gasteiger partial charge in [-0.25, -0.2) is 0 Å². The van der Waals surface area contributed by atoms with Crippen molar-refractivity contribution in [3.05, 3.63) is 119 Å². The third kappa shape index (κ3) is 4.86. The fraction of sp³-hybridized carbons (Fsp3) is 0.312. The summed E-state index contributed by atoms with van der Waals surface area (Å²) in [7, 11) is 0. The number of nitrogens with zero attached hydrogens (tertiary/aromatic N) is 1. The molecule has 0 unspecified atom stereocenters. The van der Waals surface area contributed by atoms with Crippen molar-refractivity contribution in [1.29, 1.82) is 0 Å². The van der Waals surface area contributed by atoms with Crippen LogP contribution in [0.1, 0.15) is 67.8 Å². The molecule has 4 heteroatoms. The minimum absolute atomic E-state index is 0.0485. The predicted octanol–water partition coefficient (Wildman–Crippen LogP) is 6.55. The van der Waals surface area contributed by atoms with Crippen LogP contribution < -0.4 is 5.32 Å². The van der Waals surface area contributed by atoms with Crippen LogP contribution in [-0.4, -0.2) is 16.7 Å². The third-order valence-corrected chi connectivity index (χ3v) is 7.84. The lowest BCUT2D eigenvalue weighted by Crippen LogP contribution is -2.45. The van der Waals surface area contributed by atoms with E-state index < -0.39 is 0 Å². The number of hydrogen-bond acceptors (Lipinski definition) is 2. The van der Waals surface area contributed by atoms with Gasteiger partial charge in [-0.3, -0.25) is 9.59 Å². The molecular weight excluding hydrogens is 444 g/mol. The summed E-state index contributed by atoms with van der Waals surface area (Å²) in [4.78, 5) is 29.0. The molecule has 4 nitrogen and oxygen atoms in total. The molecule has 1 saturated heterocycles. The van der Waals surface area contributed by atoms with E-state index in [1.807, 2.05) is 78.6 Å². The molecule has 2 amide bonds. The number of carbonyl (C=O) groups is 2. The van der Waals surface area contributed by atoms with Crippen LogP contribution in [0.5, 0.6) is 0 Å². The summed E-state index contributed by atoms with van der Waals surface area (Å²) in [6.45, 7) is 4.14. The molecule has 5 atom stereocenters. The Balaban J connectivity index is 1.49. The molecule has 0 bridgehead atoms. The van der Waals surface area contributed by atoms with Crippen LogP contribution >= 0.6 is 0 Å². The molecular formula is C32H34N2O2. The summed E-state index contributed by atoms with van der Waals surface area (Å²) in [5, 5.41) is 3.28. The molecule has 2 aliphatic rings. The van der Waals surface area contributed by atoms with Crippen LogP contribution in [0.2, 0.25) is 0 Å². The smallest absolute Gasteiger partial charge is 0.227 e. The molecule has 3 aromatic rings. The maximum atomic E-state index is 13.7. The highest BCUT2D eigenvalue weighted by atomic mass is 16.2. The number of rotatable bonds is 6. The van der Waals surface area contributed by atoms with Crippen molar-refractivity contribution < 1.29 is 9.59 Å². The van der Waals surface area contributed by atoms with Crippen LogP contribution in [-0.2, 0) is 9.59 Å². The third-order valence-electron chi connectivity index (χ3n) is 7.84. The molecule has 0 spiro atoms. The first kappa shape index (κ1) is 24.1. The molecule has 0 radical (unpaired) electrons. The highest BCUT2D eigenvalue weighted by Gasteiger charge is 2.43. The SMILES string of the molecule is C[C@H](NC(=O)[C@@H]1C[C@H]2CCC(=O)N([C@H](C)c3ccccc3)C2=C[C@H]1c1ccccc1)c1ccccc1. The van der Waals surface area contributed by atoms with Crippen LogP contribution in [0.15, 0.2) is 103 Å². The number of amides is 2. The zero-order chi connectivity index (χ0) is 25.1. The Morgan fingerprint density at radius 2 is 1.44 bits per heavy atom. The van der Waals surface area contributed by atoms with Gasteiger partial charge in [0.25, 0.3) is 0 Å². The van der Waals surface area contributed by atoms with Crippen molar-refractivity contribution in [2.45, 2.75) is 51.1 Å². The number of hydrogen-bond donors (Lipinski definition) is 1. The first-order valence-corrected chi connectivity index (χ1v) is 13.0. The van der Waals surface area contributed by atoms with E-state index in [1.54, 1.807) is 0 Å². The van der Waals surface area contributed by atoms with Gasteiger partial charge in [0.15, 0.2) is 0 Å². The van der Waals surface area contributed by atoms with Crippen molar-refractivity contribution in [2.24, 2.45) is 11.8 Å². The van der Waals surface area contributed by atoms with E-state index in [4.69, 9.17) is 0 Å². The Kier molecular flexibility index (Phi) is 7.04. The number of fused-ring (bicyclic) bond motifs is 1. The molecule has 0 aromatic heterocycles. The van der Waals surface area contributed by atoms with Gasteiger partial charge < -0.3 is 10.2 Å². The van der Waals surface area contributed by atoms with E-state index in [-0.39, 0.29) is 41.7 Å². The van der Waals surface area contributed by atoms with E-state index in [1.165, 1.54) is 0 Å². The minimum Gasteiger partial charge on any atom is -0.349 e. The summed E-state index contributed by atoms with van der Waals surface area (Å²) in [6, 6.07) is 30.4. The first-order valence-electron chi connectivity index (χ1n) is 13.0. The molecule has 1 N–H and O–H groups in total. The van der Waals surface area contributed by atoms with Gasteiger partial charge in [0.2, 0.25) is 11.8 Å². The van der Waals surface area contributed by atoms with Gasteiger partial charge in [0, 0.05) is 29.9 Å². The van der Waals surface area contributed by atoms with Gasteiger partial charge in [-0.1, -0.05) is 97.1 Å². The van der Waals surface area contributed by atoms with Gasteiger partial charge in [-0.2, -0.15) is 0 Å². The predicted molar refractivity (Wildman–Crippen MR) is 143 cm³/mol. The van der Waals surface area contributed by atoms with Crippen molar-refractivity contribution in [1.82, 2.24) is 10.2 Å². The topological polar surface area (TPSA) is 49.4 Å². The number of carbonyl (C=O) groups excluding carboxylic acids is 2. The average Bonchev–Trinajstić information content (AvgIpc) is 2.93. The molecule has 0 saturated carbocycles. The quantitative estimate of drug-likeness (QED) is 0.437. The number of allylic oxidation sites excluding steroid dienone is 2. The van der Waals surface area contributed by atoms with E-state index >= 15 is 0 Å². The largest absolute Gasteiger partial charge is 0.349 e. The second-order valence-electron chi connectivity index (χ2n) is 10.1. The van der Waals surface area contributed by atoms with Gasteiger partial charge in [0.05, 0.1) is 12.1 Å². The van der Waals surface area contributed by atoms with Crippen molar-refractivity contribution >= 4 is 11.8 Å². The van der Waals surface area contributed by atoms with Crippen LogP contribution in [0.4, 0.5) is 0 Å². The van der Waals surface area contributed by atoms with Crippen molar-refractivity contribution in [3.8, 4) is 0 Å². The van der Waals surface area contributed by atoms with Gasteiger partial charge in [-0.15, -0.1) is 0 Å². The van der Waals surface area contributed by atoms with Crippen molar-refractivity contribution in [3.63, 3.8) is 0 Å². The standard InChI is InChI=1S/C32H34N2O2/c1-22(24-12-6-3-7-13-24)33-32(36)29-20-27-18-19-31(35)34(23(2)25-14-8-4-9-15-25)30(27)21-28(29)26-16-10-5-11-17-26/h3-17,21-23,27-29H,18-20H2,1-2H3,(H,33,36)/t22-,23+,27+,28-,29+/m0/s1. The zero-order valence-electron chi connectivity index (χ0n) is 21.0. The second-order valence-corrected chi connectivity index (χ2v) is 10.1. The molecule has 1 heterocycles. The highest BCUT2D eigenvalue weighted by Crippen LogP contribution is 2.46. The van der Waals surface area contributed by atoms with E-state index in [0.717, 1.165) is 35.2 Å². The molecule has 36 heavy (non-hydrogen) atoms. The zero-order valence-corrected chi connectivity index (χ0v) is 21.0. The van der Waals surface area contributed by atoms with E-state index in [9.17, 15) is 9.59 Å². The summed E-state index contributed by atoms with van der Waals surface area (Å²) in [6.07, 6.45) is 4.27. The number of benzene rings is 3. The van der Waals surface area contributed by atoms with Crippen molar-refractivity contribution in [2.75, 3.05) is 0 Å². The summed E-state index contributed by atoms with van der Waals surface area (Å²) in [5.74, 6) is 0.166. The molecule has 184 valence electrons. The fourth-order valence-electron chi connectivity index (χ4n) is 5.85. The number of nitrogens with one attached hydrogen (secondary N) is 1. The van der Waals surface area contributed by atoms with E-state index in [0.29, 0.717) is 6.42 Å². The summed E-state index contributed by atoms with van der Waals surface area (Å²) in [5.41, 5.74) is 4.42. The molecule has 1 fully saturated rings. The van der Waals surface area contributed by atoms with Gasteiger partial charge >= 0.3 is 0 Å². The lowest BCUT2D eigenvalue weighted by Gasteiger charge is -2.45. The lowest BCUT2D eigenvalue weighted by atomic mass is 9.70. The van der Waals surface area contributed by atoms with Crippen LogP contribution in [0, 0.1) is 11.8 Å². The minimum atomic E-state index is -0.186. The van der Waals surface area contributed by atoms with Gasteiger partial charge in [0.1, 0.15) is 0 Å². The van der Waals surface area contributed by atoms with Crippen LogP contribution in [0.3, 0.4) is 0 Å². The highest BCUT2D eigenvalue weighted by molar-refractivity contribution is 5.83. The summed E-state index contributed by atoms with van der Waals surface area (Å²) >= 11 is 0. The van der Waals surface area contributed by atoms with Crippen LogP contribution in [0.25, 0.3) is 0 Å². The molecule has 1 aliphatic carbocycles. The Bertz CT molecular complexity index is 1220. The molecule has 3 aromatic carbocycles. The Morgan fingerprint density at radius 3 is 2.08 bits per heavy atom. The van der Waals surface area contributed by atoms with Gasteiger partial charge in [-0.05, 0) is 43.4 Å². The average molecular weight is 479 g/mol. The Morgan fingerprint density at radius 1 is 0.861 bits per heavy atom. The Labute approximate surface area is 214 Å². The second kappa shape index (κ2) is 10.5. The normalized spacial score (nSPS) is 23.3. The number of likely N-dealkylation sites (tertiary alicyclic amines) is 1. The maximum absolute atomic E-state index is 13.7. The number of piperidine rings is 1. The Hall–Kier alpha value is -3.66. The first-order chi connectivity index (χ1) is 17.5. The lowest BCUT2D eigenvalue weighted by molar-refractivity contribution is -0.134. The fourth-order valence-corrected chi connectivity index (χ4v) is 5.85.